The first-order valence-electron chi connectivity index (χ1n) is 12.5. The Bertz CT molecular complexity index is 1530. The zero-order valence-electron chi connectivity index (χ0n) is 21.1. The molecule has 1 aliphatic heterocycles. The van der Waals surface area contributed by atoms with E-state index < -0.39 is 29.7 Å². The van der Waals surface area contributed by atoms with Crippen LogP contribution in [0.5, 0.6) is 0 Å². The number of hydrogen-bond donors (Lipinski definition) is 4. The Kier molecular flexibility index (Phi) is 8.72. The standard InChI is InChI=1S/C29H25F3N4O4/c30-29(31,32)21-7-6-19-14-25(35-23(19)15-21)28(40)36-24(12-18-4-2-1-3-5-18)27(17-39)34-22(9-11-37)13-20-8-10-33-26(20)16-38/h1-7,9,14-15,20,22,24,33-35H,8,10,12-13H2,(H,36,40)/t20-,22+,24-/m0/s1. The second-order valence-electron chi connectivity index (χ2n) is 9.41. The van der Waals surface area contributed by atoms with Crippen molar-refractivity contribution in [1.82, 2.24) is 20.9 Å². The van der Waals surface area contributed by atoms with E-state index >= 15 is 0 Å². The average molecular weight is 551 g/mol. The highest BCUT2D eigenvalue weighted by Crippen LogP contribution is 2.31. The van der Waals surface area contributed by atoms with Gasteiger partial charge in [0.2, 0.25) is 0 Å². The molecule has 1 amide bonds. The summed E-state index contributed by atoms with van der Waals surface area (Å²) in [4.78, 5) is 50.5. The molecule has 2 aromatic carbocycles. The number of nitrogens with one attached hydrogen (secondary N) is 4. The van der Waals surface area contributed by atoms with Crippen LogP contribution in [-0.2, 0) is 27.0 Å². The Morgan fingerprint density at radius 2 is 1.85 bits per heavy atom. The molecule has 4 rings (SSSR count). The summed E-state index contributed by atoms with van der Waals surface area (Å²) >= 11 is 0. The molecule has 1 fully saturated rings. The van der Waals surface area contributed by atoms with Crippen molar-refractivity contribution in [2.45, 2.75) is 37.5 Å². The minimum absolute atomic E-state index is 0.000218. The van der Waals surface area contributed by atoms with Crippen LogP contribution in [0.25, 0.3) is 10.9 Å². The summed E-state index contributed by atoms with van der Waals surface area (Å²) in [5.41, 5.74) is 0.382. The number of alkyl halides is 3. The van der Waals surface area contributed by atoms with E-state index in [9.17, 15) is 32.3 Å². The van der Waals surface area contributed by atoms with Crippen LogP contribution in [0.2, 0.25) is 0 Å². The molecular formula is C29H25F3N4O4. The van der Waals surface area contributed by atoms with Crippen molar-refractivity contribution in [1.29, 1.82) is 0 Å². The zero-order valence-corrected chi connectivity index (χ0v) is 21.1. The number of carbonyl (C=O) groups excluding carboxylic acids is 4. The molecule has 3 atom stereocenters. The van der Waals surface area contributed by atoms with Gasteiger partial charge >= 0.3 is 6.18 Å². The summed E-state index contributed by atoms with van der Waals surface area (Å²) in [6.45, 7) is 0.574. The maximum atomic E-state index is 13.2. The first-order chi connectivity index (χ1) is 19.2. The van der Waals surface area contributed by atoms with Gasteiger partial charge in [0.1, 0.15) is 29.2 Å². The molecule has 8 nitrogen and oxygen atoms in total. The van der Waals surface area contributed by atoms with E-state index in [1.807, 2.05) is 17.9 Å². The summed E-state index contributed by atoms with van der Waals surface area (Å²) in [5.74, 6) is 4.51. The lowest BCUT2D eigenvalue weighted by molar-refractivity contribution is -0.137. The summed E-state index contributed by atoms with van der Waals surface area (Å²) < 4.78 is 39.4. The molecule has 1 aromatic heterocycles. The number of aromatic amines is 1. The largest absolute Gasteiger partial charge is 0.416 e. The molecule has 3 aromatic rings. The van der Waals surface area contributed by atoms with Crippen molar-refractivity contribution in [3.63, 3.8) is 0 Å². The summed E-state index contributed by atoms with van der Waals surface area (Å²) in [7, 11) is 0. The van der Waals surface area contributed by atoms with E-state index in [0.717, 1.165) is 17.7 Å². The third-order valence-electron chi connectivity index (χ3n) is 6.72. The molecular weight excluding hydrogens is 525 g/mol. The lowest BCUT2D eigenvalue weighted by Gasteiger charge is -2.25. The van der Waals surface area contributed by atoms with Crippen LogP contribution in [0.15, 0.2) is 72.1 Å². The second-order valence-corrected chi connectivity index (χ2v) is 9.41. The van der Waals surface area contributed by atoms with Crippen LogP contribution in [0.3, 0.4) is 0 Å². The maximum absolute atomic E-state index is 13.2. The Labute approximate surface area is 227 Å². The Morgan fingerprint density at radius 3 is 2.52 bits per heavy atom. The molecule has 2 heterocycles. The fourth-order valence-corrected chi connectivity index (χ4v) is 4.72. The van der Waals surface area contributed by atoms with Crippen molar-refractivity contribution in [3.8, 4) is 0 Å². The summed E-state index contributed by atoms with van der Waals surface area (Å²) in [6.07, 6.45) is -2.26. The third kappa shape index (κ3) is 6.79. The lowest BCUT2D eigenvalue weighted by atomic mass is 9.95. The molecule has 40 heavy (non-hydrogen) atoms. The Morgan fingerprint density at radius 1 is 1.07 bits per heavy atom. The Hall–Kier alpha value is -4.81. The predicted octanol–water partition coefficient (Wildman–Crippen LogP) is 3.30. The van der Waals surface area contributed by atoms with Crippen molar-refractivity contribution in [3.05, 3.63) is 88.9 Å². The number of H-pyrrole nitrogens is 1. The van der Waals surface area contributed by atoms with Crippen LogP contribution < -0.4 is 16.0 Å². The van der Waals surface area contributed by atoms with Gasteiger partial charge < -0.3 is 20.9 Å². The smallest absolute Gasteiger partial charge is 0.379 e. The zero-order chi connectivity index (χ0) is 28.7. The molecule has 11 heteroatoms. The maximum Gasteiger partial charge on any atom is 0.416 e. The number of fused-ring (bicyclic) bond motifs is 1. The van der Waals surface area contributed by atoms with Crippen LogP contribution in [0.4, 0.5) is 13.2 Å². The summed E-state index contributed by atoms with van der Waals surface area (Å²) in [5, 5.41) is 9.06. The number of halogens is 3. The molecule has 0 unspecified atom stereocenters. The predicted molar refractivity (Wildman–Crippen MR) is 141 cm³/mol. The molecule has 0 radical (unpaired) electrons. The van der Waals surface area contributed by atoms with Gasteiger partial charge in [0.25, 0.3) is 5.91 Å². The average Bonchev–Trinajstić information content (AvgIpc) is 3.57. The van der Waals surface area contributed by atoms with Gasteiger partial charge in [0.15, 0.2) is 0 Å². The molecule has 4 N–H and O–H groups in total. The van der Waals surface area contributed by atoms with Crippen LogP contribution in [0, 0.1) is 5.92 Å². The molecule has 0 aliphatic carbocycles. The van der Waals surface area contributed by atoms with Gasteiger partial charge in [-0.05, 0) is 43.0 Å². The van der Waals surface area contributed by atoms with Crippen molar-refractivity contribution >= 4 is 34.6 Å². The van der Waals surface area contributed by atoms with E-state index in [1.54, 1.807) is 30.2 Å². The molecule has 0 spiro atoms. The highest BCUT2D eigenvalue weighted by Gasteiger charge is 2.31. The first kappa shape index (κ1) is 28.2. The Balaban J connectivity index is 1.59. The molecule has 206 valence electrons. The van der Waals surface area contributed by atoms with Crippen LogP contribution in [-0.4, -0.2) is 47.3 Å². The number of carbonyl (C=O) groups is 1. The van der Waals surface area contributed by atoms with Crippen LogP contribution in [0.1, 0.15) is 34.5 Å². The number of rotatable bonds is 10. The number of amides is 1. The van der Waals surface area contributed by atoms with Crippen LogP contribution >= 0.6 is 0 Å². The number of allylic oxidation sites excluding steroid dienone is 1. The topological polar surface area (TPSA) is 120 Å². The van der Waals surface area contributed by atoms with Gasteiger partial charge in [-0.15, -0.1) is 0 Å². The quantitative estimate of drug-likeness (QED) is 0.288. The summed E-state index contributed by atoms with van der Waals surface area (Å²) in [6, 6.07) is 11.9. The fraction of sp³-hybridized carbons (Fsp3) is 0.276. The molecule has 0 bridgehead atoms. The molecule has 0 saturated carbocycles. The molecule has 1 saturated heterocycles. The minimum Gasteiger partial charge on any atom is -0.379 e. The van der Waals surface area contributed by atoms with E-state index in [0.29, 0.717) is 24.0 Å². The van der Waals surface area contributed by atoms with Crippen molar-refractivity contribution < 1.29 is 32.3 Å². The van der Waals surface area contributed by atoms with E-state index in [-0.39, 0.29) is 35.7 Å². The second kappa shape index (κ2) is 12.4. The fourth-order valence-electron chi connectivity index (χ4n) is 4.72. The van der Waals surface area contributed by atoms with Crippen molar-refractivity contribution in [2.24, 2.45) is 5.92 Å². The van der Waals surface area contributed by atoms with Gasteiger partial charge in [-0.2, -0.15) is 13.2 Å². The highest BCUT2D eigenvalue weighted by atomic mass is 19.4. The lowest BCUT2D eigenvalue weighted by Crippen LogP contribution is -2.45. The monoisotopic (exact) mass is 550 g/mol. The normalized spacial score (nSPS) is 16.2. The third-order valence-corrected chi connectivity index (χ3v) is 6.72. The van der Waals surface area contributed by atoms with E-state index in [2.05, 4.69) is 20.9 Å². The number of aromatic nitrogens is 1. The van der Waals surface area contributed by atoms with Gasteiger partial charge in [-0.25, -0.2) is 14.4 Å². The first-order valence-corrected chi connectivity index (χ1v) is 12.5. The number of hydrogen-bond acceptors (Lipinski definition) is 6. The minimum atomic E-state index is -4.54. The van der Waals surface area contributed by atoms with E-state index in [4.69, 9.17) is 0 Å². The van der Waals surface area contributed by atoms with Gasteiger partial charge in [-0.3, -0.25) is 4.79 Å². The highest BCUT2D eigenvalue weighted by molar-refractivity contribution is 5.98. The molecule has 1 aliphatic rings. The van der Waals surface area contributed by atoms with Crippen molar-refractivity contribution in [2.75, 3.05) is 6.54 Å². The van der Waals surface area contributed by atoms with Gasteiger partial charge in [0, 0.05) is 29.4 Å². The van der Waals surface area contributed by atoms with E-state index in [1.165, 1.54) is 18.2 Å². The number of benzene rings is 2. The van der Waals surface area contributed by atoms with Gasteiger partial charge in [-0.1, -0.05) is 36.4 Å². The van der Waals surface area contributed by atoms with Gasteiger partial charge in [0.05, 0.1) is 23.3 Å². The SMILES string of the molecule is O=C=C[C@H](C[C@@H]1CCNC1=C=O)NC(=C=O)[C@H](Cc1ccccc1)NC(=O)c1cc2ccc(C(F)(F)F)cc2[nH]1.